The molecule has 0 aromatic rings. The first-order valence-corrected chi connectivity index (χ1v) is 6.39. The van der Waals surface area contributed by atoms with Gasteiger partial charge in [0.1, 0.15) is 0 Å². The summed E-state index contributed by atoms with van der Waals surface area (Å²) in [6.45, 7) is 9.53. The predicted octanol–water partition coefficient (Wildman–Crippen LogP) is 2.02. The van der Waals surface area contributed by atoms with E-state index < -0.39 is 0 Å². The van der Waals surface area contributed by atoms with Crippen LogP contribution < -0.4 is 5.32 Å². The molecule has 2 unspecified atom stereocenters. The average Bonchev–Trinajstić information content (AvgIpc) is 2.27. The fourth-order valence-corrected chi connectivity index (χ4v) is 2.17. The van der Waals surface area contributed by atoms with Crippen molar-refractivity contribution in [2.24, 2.45) is 5.92 Å². The minimum Gasteiger partial charge on any atom is -0.340 e. The minimum atomic E-state index is -0.0226. The topological polar surface area (TPSA) is 32.3 Å². The van der Waals surface area contributed by atoms with E-state index in [0.29, 0.717) is 11.9 Å². The number of hydrogen-bond acceptors (Lipinski definition) is 2. The van der Waals surface area contributed by atoms with Crippen LogP contribution in [0.5, 0.6) is 0 Å². The predicted molar refractivity (Wildman–Crippen MR) is 67.3 cm³/mol. The zero-order chi connectivity index (χ0) is 12.3. The number of hydrogen-bond donors (Lipinski definition) is 1. The van der Waals surface area contributed by atoms with E-state index in [4.69, 9.17) is 0 Å². The third-order valence-electron chi connectivity index (χ3n) is 4.08. The van der Waals surface area contributed by atoms with Crippen LogP contribution in [0, 0.1) is 5.92 Å². The third kappa shape index (κ3) is 2.97. The molecular weight excluding hydrogens is 200 g/mol. The molecule has 0 saturated carbocycles. The van der Waals surface area contributed by atoms with Gasteiger partial charge in [-0.05, 0) is 46.6 Å². The molecule has 16 heavy (non-hydrogen) atoms. The number of carbonyl (C=O) groups excluding carboxylic acids is 1. The number of piperidine rings is 1. The number of carbonyl (C=O) groups is 1. The Kier molecular flexibility index (Phi) is 4.36. The normalized spacial score (nSPS) is 26.6. The van der Waals surface area contributed by atoms with Gasteiger partial charge >= 0.3 is 0 Å². The number of nitrogens with zero attached hydrogens (tertiary/aromatic N) is 1. The van der Waals surface area contributed by atoms with Crippen molar-refractivity contribution in [3.05, 3.63) is 0 Å². The van der Waals surface area contributed by atoms with Gasteiger partial charge in [0.15, 0.2) is 0 Å². The maximum Gasteiger partial charge on any atom is 0.225 e. The molecule has 1 heterocycles. The molecule has 1 aliphatic rings. The van der Waals surface area contributed by atoms with E-state index in [0.717, 1.165) is 25.8 Å². The molecule has 0 aliphatic carbocycles. The lowest BCUT2D eigenvalue weighted by Crippen LogP contribution is -2.50. The summed E-state index contributed by atoms with van der Waals surface area (Å²) in [7, 11) is 1.94. The molecule has 3 nitrogen and oxygen atoms in total. The molecule has 0 bridgehead atoms. The molecule has 0 radical (unpaired) electrons. The van der Waals surface area contributed by atoms with Crippen molar-refractivity contribution in [3.63, 3.8) is 0 Å². The van der Waals surface area contributed by atoms with Crippen LogP contribution in [0.15, 0.2) is 0 Å². The lowest BCUT2D eigenvalue weighted by Gasteiger charge is -2.39. The fourth-order valence-electron chi connectivity index (χ4n) is 2.17. The molecule has 94 valence electrons. The zero-order valence-electron chi connectivity index (χ0n) is 11.3. The van der Waals surface area contributed by atoms with Crippen molar-refractivity contribution >= 4 is 5.91 Å². The maximum absolute atomic E-state index is 12.3. The Labute approximate surface area is 99.6 Å². The van der Waals surface area contributed by atoms with Gasteiger partial charge in [0.25, 0.3) is 0 Å². The molecule has 1 N–H and O–H groups in total. The Morgan fingerprint density at radius 2 is 2.12 bits per heavy atom. The Bertz CT molecular complexity index is 250. The summed E-state index contributed by atoms with van der Waals surface area (Å²) in [5.74, 6) is 0.535. The van der Waals surface area contributed by atoms with Crippen LogP contribution >= 0.6 is 0 Å². The maximum atomic E-state index is 12.3. The molecule has 1 rings (SSSR count). The second-order valence-electron chi connectivity index (χ2n) is 5.64. The Balaban J connectivity index is 2.63. The SMILES string of the molecule is CCC(C)(C)N(C)C(=O)C1CCNC(C)C1. The molecule has 1 amide bonds. The van der Waals surface area contributed by atoms with E-state index in [-0.39, 0.29) is 11.5 Å². The molecule has 2 atom stereocenters. The molecule has 0 aromatic carbocycles. The number of nitrogens with one attached hydrogen (secondary N) is 1. The molecule has 0 spiro atoms. The Morgan fingerprint density at radius 3 is 2.62 bits per heavy atom. The standard InChI is InChI=1S/C13H26N2O/c1-6-13(3,4)15(5)12(16)11-7-8-14-10(2)9-11/h10-11,14H,6-9H2,1-5H3. The largest absolute Gasteiger partial charge is 0.340 e. The van der Waals surface area contributed by atoms with Crippen molar-refractivity contribution in [3.8, 4) is 0 Å². The molecule has 1 saturated heterocycles. The highest BCUT2D eigenvalue weighted by molar-refractivity contribution is 5.79. The lowest BCUT2D eigenvalue weighted by molar-refractivity contribution is -0.140. The summed E-state index contributed by atoms with van der Waals surface area (Å²) in [5, 5.41) is 3.39. The van der Waals surface area contributed by atoms with Crippen molar-refractivity contribution in [2.45, 2.75) is 58.5 Å². The van der Waals surface area contributed by atoms with Crippen molar-refractivity contribution < 1.29 is 4.79 Å². The van der Waals surface area contributed by atoms with Gasteiger partial charge in [0.2, 0.25) is 5.91 Å². The Morgan fingerprint density at radius 1 is 1.50 bits per heavy atom. The molecule has 0 aromatic heterocycles. The first kappa shape index (κ1) is 13.5. The van der Waals surface area contributed by atoms with Gasteiger partial charge in [0, 0.05) is 24.5 Å². The first-order chi connectivity index (χ1) is 7.38. The second kappa shape index (κ2) is 5.17. The smallest absolute Gasteiger partial charge is 0.225 e. The van der Waals surface area contributed by atoms with Crippen LogP contribution in [0.1, 0.15) is 47.0 Å². The van der Waals surface area contributed by atoms with E-state index in [1.165, 1.54) is 0 Å². The van der Waals surface area contributed by atoms with Gasteiger partial charge in [-0.1, -0.05) is 6.92 Å². The van der Waals surface area contributed by atoms with E-state index in [2.05, 4.69) is 33.0 Å². The number of amides is 1. The van der Waals surface area contributed by atoms with Crippen molar-refractivity contribution in [2.75, 3.05) is 13.6 Å². The monoisotopic (exact) mass is 226 g/mol. The Hall–Kier alpha value is -0.570. The minimum absolute atomic E-state index is 0.0226. The van der Waals surface area contributed by atoms with Crippen LogP contribution in [0.25, 0.3) is 0 Å². The quantitative estimate of drug-likeness (QED) is 0.798. The summed E-state index contributed by atoms with van der Waals surface area (Å²) in [6, 6.07) is 0.473. The molecule has 3 heteroatoms. The van der Waals surface area contributed by atoms with Gasteiger partial charge in [-0.25, -0.2) is 0 Å². The third-order valence-corrected chi connectivity index (χ3v) is 4.08. The van der Waals surface area contributed by atoms with E-state index in [1.807, 2.05) is 11.9 Å². The van der Waals surface area contributed by atoms with E-state index in [1.54, 1.807) is 0 Å². The molecular formula is C13H26N2O. The van der Waals surface area contributed by atoms with Gasteiger partial charge in [-0.3, -0.25) is 4.79 Å². The van der Waals surface area contributed by atoms with Gasteiger partial charge in [-0.2, -0.15) is 0 Å². The second-order valence-corrected chi connectivity index (χ2v) is 5.64. The van der Waals surface area contributed by atoms with Crippen LogP contribution in [0.2, 0.25) is 0 Å². The van der Waals surface area contributed by atoms with E-state index in [9.17, 15) is 4.79 Å². The van der Waals surface area contributed by atoms with Crippen LogP contribution in [-0.2, 0) is 4.79 Å². The highest BCUT2D eigenvalue weighted by atomic mass is 16.2. The molecule has 1 fully saturated rings. The lowest BCUT2D eigenvalue weighted by atomic mass is 9.90. The van der Waals surface area contributed by atoms with Crippen LogP contribution in [0.4, 0.5) is 0 Å². The van der Waals surface area contributed by atoms with Crippen LogP contribution in [-0.4, -0.2) is 36.0 Å². The fraction of sp³-hybridized carbons (Fsp3) is 0.923. The molecule has 1 aliphatic heterocycles. The van der Waals surface area contributed by atoms with Crippen molar-refractivity contribution in [1.29, 1.82) is 0 Å². The van der Waals surface area contributed by atoms with Crippen LogP contribution in [0.3, 0.4) is 0 Å². The van der Waals surface area contributed by atoms with E-state index >= 15 is 0 Å². The summed E-state index contributed by atoms with van der Waals surface area (Å²) >= 11 is 0. The number of rotatable bonds is 3. The van der Waals surface area contributed by atoms with Gasteiger partial charge in [-0.15, -0.1) is 0 Å². The summed E-state index contributed by atoms with van der Waals surface area (Å²) < 4.78 is 0. The summed E-state index contributed by atoms with van der Waals surface area (Å²) in [5.41, 5.74) is -0.0226. The highest BCUT2D eigenvalue weighted by Crippen LogP contribution is 2.24. The zero-order valence-corrected chi connectivity index (χ0v) is 11.3. The van der Waals surface area contributed by atoms with Gasteiger partial charge in [0.05, 0.1) is 0 Å². The summed E-state index contributed by atoms with van der Waals surface area (Å²) in [6.07, 6.45) is 2.95. The first-order valence-electron chi connectivity index (χ1n) is 6.39. The van der Waals surface area contributed by atoms with Crippen molar-refractivity contribution in [1.82, 2.24) is 10.2 Å². The van der Waals surface area contributed by atoms with Gasteiger partial charge < -0.3 is 10.2 Å². The average molecular weight is 226 g/mol. The summed E-state index contributed by atoms with van der Waals surface area (Å²) in [4.78, 5) is 14.3. The highest BCUT2D eigenvalue weighted by Gasteiger charge is 2.32.